The predicted octanol–water partition coefficient (Wildman–Crippen LogP) is 3.08. The van der Waals surface area contributed by atoms with Crippen molar-refractivity contribution in [3.63, 3.8) is 0 Å². The lowest BCUT2D eigenvalue weighted by Gasteiger charge is -2.24. The first-order valence-electron chi connectivity index (χ1n) is 7.70. The summed E-state index contributed by atoms with van der Waals surface area (Å²) in [6, 6.07) is 3.63. The van der Waals surface area contributed by atoms with E-state index < -0.39 is 24.1 Å². The van der Waals surface area contributed by atoms with Gasteiger partial charge < -0.3 is 23.8 Å². The van der Waals surface area contributed by atoms with E-state index in [1.54, 1.807) is 0 Å². The lowest BCUT2D eigenvalue weighted by atomic mass is 10.1. The van der Waals surface area contributed by atoms with Gasteiger partial charge in [0.25, 0.3) is 0 Å². The van der Waals surface area contributed by atoms with E-state index in [1.807, 2.05) is 0 Å². The fraction of sp³-hybridized carbons (Fsp3) is 0.222. The Morgan fingerprint density at radius 1 is 0.964 bits per heavy atom. The van der Waals surface area contributed by atoms with Crippen molar-refractivity contribution >= 4 is 17.6 Å². The van der Waals surface area contributed by atoms with Crippen LogP contribution >= 0.6 is 0 Å². The summed E-state index contributed by atoms with van der Waals surface area (Å²) in [5, 5.41) is 0. The van der Waals surface area contributed by atoms with Crippen molar-refractivity contribution in [2.24, 2.45) is 0 Å². The molecule has 2 rings (SSSR count). The molecule has 0 aliphatic carbocycles. The zero-order valence-electron chi connectivity index (χ0n) is 15.1. The minimum Gasteiger partial charge on any atom is -0.493 e. The summed E-state index contributed by atoms with van der Waals surface area (Å²) in [7, 11) is 3.42. The molecule has 10 heteroatoms. The second kappa shape index (κ2) is 8.51. The largest absolute Gasteiger partial charge is 0.573 e. The van der Waals surface area contributed by atoms with E-state index in [4.69, 9.17) is 9.47 Å². The van der Waals surface area contributed by atoms with Crippen LogP contribution in [0.15, 0.2) is 53.9 Å². The van der Waals surface area contributed by atoms with Gasteiger partial charge in [0.15, 0.2) is 11.5 Å². The quantitative estimate of drug-likeness (QED) is 0.705. The molecule has 7 nitrogen and oxygen atoms in total. The third kappa shape index (κ3) is 4.64. The van der Waals surface area contributed by atoms with Crippen LogP contribution in [-0.2, 0) is 19.1 Å². The third-order valence-electron chi connectivity index (χ3n) is 3.54. The Labute approximate surface area is 158 Å². The number of hydrogen-bond donors (Lipinski definition) is 0. The number of benzene rings is 1. The molecule has 1 aliphatic rings. The number of rotatable bonds is 5. The van der Waals surface area contributed by atoms with Gasteiger partial charge in [-0.2, -0.15) is 0 Å². The van der Waals surface area contributed by atoms with E-state index in [2.05, 4.69) is 9.47 Å². The molecule has 0 atom stereocenters. The van der Waals surface area contributed by atoms with Gasteiger partial charge in [-0.25, -0.2) is 9.59 Å². The zero-order valence-corrected chi connectivity index (χ0v) is 15.1. The van der Waals surface area contributed by atoms with Crippen molar-refractivity contribution < 1.29 is 41.7 Å². The highest BCUT2D eigenvalue weighted by atomic mass is 19.4. The number of anilines is 1. The van der Waals surface area contributed by atoms with Gasteiger partial charge in [-0.15, -0.1) is 13.2 Å². The second-order valence-electron chi connectivity index (χ2n) is 5.20. The zero-order chi connectivity index (χ0) is 20.9. The number of nitrogens with zero attached hydrogens (tertiary/aromatic N) is 1. The molecule has 0 aromatic heterocycles. The Bertz CT molecular complexity index is 857. The fourth-order valence-corrected chi connectivity index (χ4v) is 2.39. The van der Waals surface area contributed by atoms with Crippen molar-refractivity contribution in [2.45, 2.75) is 6.36 Å². The molecule has 1 aromatic carbocycles. The van der Waals surface area contributed by atoms with Crippen LogP contribution in [0.3, 0.4) is 0 Å². The Morgan fingerprint density at radius 2 is 1.64 bits per heavy atom. The summed E-state index contributed by atoms with van der Waals surface area (Å²) in [5.74, 6) is -2.52. The van der Waals surface area contributed by atoms with Crippen LogP contribution in [0.2, 0.25) is 0 Å². The molecule has 0 unspecified atom stereocenters. The molecule has 0 saturated heterocycles. The first-order valence-corrected chi connectivity index (χ1v) is 7.70. The van der Waals surface area contributed by atoms with E-state index in [0.29, 0.717) is 0 Å². The number of allylic oxidation sites excluding steroid dienone is 2. The summed E-state index contributed by atoms with van der Waals surface area (Å²) < 4.78 is 56.4. The van der Waals surface area contributed by atoms with Crippen LogP contribution in [0.5, 0.6) is 11.5 Å². The van der Waals surface area contributed by atoms with Gasteiger partial charge in [0.2, 0.25) is 0 Å². The summed E-state index contributed by atoms with van der Waals surface area (Å²) in [6.07, 6.45) is 0.683. The molecule has 1 aromatic rings. The van der Waals surface area contributed by atoms with E-state index >= 15 is 0 Å². The van der Waals surface area contributed by atoms with Crippen molar-refractivity contribution in [2.75, 3.05) is 26.2 Å². The second-order valence-corrected chi connectivity index (χ2v) is 5.20. The van der Waals surface area contributed by atoms with Gasteiger partial charge >= 0.3 is 18.3 Å². The Morgan fingerprint density at radius 3 is 2.21 bits per heavy atom. The Balaban J connectivity index is 2.64. The smallest absolute Gasteiger partial charge is 0.493 e. The highest BCUT2D eigenvalue weighted by molar-refractivity contribution is 6.05. The molecule has 0 bridgehead atoms. The topological polar surface area (TPSA) is 74.3 Å². The van der Waals surface area contributed by atoms with Crippen LogP contribution in [0.4, 0.5) is 18.9 Å². The molecular formula is C18H16F3NO6. The third-order valence-corrected chi connectivity index (χ3v) is 3.54. The number of halogens is 3. The normalized spacial score (nSPS) is 13.9. The van der Waals surface area contributed by atoms with Crippen molar-refractivity contribution in [3.05, 3.63) is 53.9 Å². The molecule has 0 spiro atoms. The molecule has 1 heterocycles. The molecule has 1 aliphatic heterocycles. The maximum atomic E-state index is 12.7. The van der Waals surface area contributed by atoms with E-state index in [0.717, 1.165) is 20.3 Å². The van der Waals surface area contributed by atoms with Gasteiger partial charge in [-0.3, -0.25) is 0 Å². The molecule has 0 amide bonds. The molecule has 0 radical (unpaired) electrons. The highest BCUT2D eigenvalue weighted by Crippen LogP contribution is 2.37. The molecule has 28 heavy (non-hydrogen) atoms. The summed E-state index contributed by atoms with van der Waals surface area (Å²) in [5.41, 5.74) is -0.308. The van der Waals surface area contributed by atoms with Crippen molar-refractivity contribution in [1.29, 1.82) is 0 Å². The maximum Gasteiger partial charge on any atom is 0.573 e. The predicted molar refractivity (Wildman–Crippen MR) is 91.5 cm³/mol. The number of methoxy groups -OCH3 is 3. The summed E-state index contributed by atoms with van der Waals surface area (Å²) in [6.45, 7) is 0. The SMILES string of the molecule is COC(=O)C1=C(C(=O)OC)N(c2ccc(OC)c(OC(F)(F)F)c2)C=CC=C1. The minimum atomic E-state index is -4.96. The van der Waals surface area contributed by atoms with Crippen LogP contribution in [0, 0.1) is 0 Å². The monoisotopic (exact) mass is 399 g/mol. The average molecular weight is 399 g/mol. The molecular weight excluding hydrogens is 383 g/mol. The minimum absolute atomic E-state index is 0.0850. The number of carbonyl (C=O) groups excluding carboxylic acids is 2. The number of hydrogen-bond acceptors (Lipinski definition) is 7. The van der Waals surface area contributed by atoms with E-state index in [1.165, 1.54) is 48.6 Å². The van der Waals surface area contributed by atoms with Gasteiger partial charge in [0, 0.05) is 18.0 Å². The first kappa shape index (κ1) is 20.9. The summed E-state index contributed by atoms with van der Waals surface area (Å²) >= 11 is 0. The average Bonchev–Trinajstić information content (AvgIpc) is 2.88. The van der Waals surface area contributed by atoms with E-state index in [9.17, 15) is 22.8 Å². The van der Waals surface area contributed by atoms with Crippen molar-refractivity contribution in [1.82, 2.24) is 0 Å². The van der Waals surface area contributed by atoms with Crippen LogP contribution in [0.25, 0.3) is 0 Å². The standard InChI is InChI=1S/C18H16F3NO6/c1-25-13-8-7-11(10-14(13)28-18(19,20)21)22-9-5-4-6-12(16(23)26-2)15(22)17(24)27-3/h4-10H,1-3H3. The number of alkyl halides is 3. The number of ether oxygens (including phenoxy) is 4. The lowest BCUT2D eigenvalue weighted by Crippen LogP contribution is -2.27. The first-order chi connectivity index (χ1) is 13.2. The molecule has 0 saturated carbocycles. The highest BCUT2D eigenvalue weighted by Gasteiger charge is 2.33. The Kier molecular flexibility index (Phi) is 6.34. The molecule has 0 fully saturated rings. The van der Waals surface area contributed by atoms with Gasteiger partial charge in [0.1, 0.15) is 5.70 Å². The number of esters is 2. The number of carbonyl (C=O) groups is 2. The van der Waals surface area contributed by atoms with Crippen LogP contribution in [-0.4, -0.2) is 39.6 Å². The van der Waals surface area contributed by atoms with Crippen LogP contribution < -0.4 is 14.4 Å². The fourth-order valence-electron chi connectivity index (χ4n) is 2.39. The molecule has 150 valence electrons. The summed E-state index contributed by atoms with van der Waals surface area (Å²) in [4.78, 5) is 25.6. The van der Waals surface area contributed by atoms with Crippen LogP contribution in [0.1, 0.15) is 0 Å². The maximum absolute atomic E-state index is 12.7. The van der Waals surface area contributed by atoms with Gasteiger partial charge in [-0.05, 0) is 24.3 Å². The van der Waals surface area contributed by atoms with Gasteiger partial charge in [-0.1, -0.05) is 6.08 Å². The Hall–Kier alpha value is -3.43. The lowest BCUT2D eigenvalue weighted by molar-refractivity contribution is -0.275. The van der Waals surface area contributed by atoms with E-state index in [-0.39, 0.29) is 22.7 Å². The van der Waals surface area contributed by atoms with Crippen molar-refractivity contribution in [3.8, 4) is 11.5 Å². The molecule has 0 N–H and O–H groups in total. The van der Waals surface area contributed by atoms with Gasteiger partial charge in [0.05, 0.1) is 26.9 Å².